The van der Waals surface area contributed by atoms with Crippen LogP contribution in [0.15, 0.2) is 47.4 Å². The molecule has 2 rings (SSSR count). The summed E-state index contributed by atoms with van der Waals surface area (Å²) in [6, 6.07) is 11.9. The van der Waals surface area contributed by atoms with Gasteiger partial charge in [-0.3, -0.25) is 4.79 Å². The average molecular weight is 398 g/mol. The molecule has 25 heavy (non-hydrogen) atoms. The van der Waals surface area contributed by atoms with Gasteiger partial charge in [0.25, 0.3) is 0 Å². The highest BCUT2D eigenvalue weighted by Crippen LogP contribution is 2.29. The van der Waals surface area contributed by atoms with Crippen molar-refractivity contribution < 1.29 is 14.3 Å². The van der Waals surface area contributed by atoms with Crippen LogP contribution < -0.4 is 5.32 Å². The number of anilines is 1. The number of carbonyl (C=O) groups excluding carboxylic acids is 2. The summed E-state index contributed by atoms with van der Waals surface area (Å²) in [5, 5.41) is 3.48. The van der Waals surface area contributed by atoms with E-state index in [1.54, 1.807) is 24.3 Å². The molecular formula is C18H17Cl2NO3S. The highest BCUT2D eigenvalue weighted by atomic mass is 35.5. The van der Waals surface area contributed by atoms with Crippen LogP contribution in [0.4, 0.5) is 5.69 Å². The molecule has 0 aliphatic carbocycles. The Bertz CT molecular complexity index is 765. The predicted octanol–water partition coefficient (Wildman–Crippen LogP) is 5.29. The minimum atomic E-state index is -0.491. The Hall–Kier alpha value is -1.69. The largest absolute Gasteiger partial charge is 0.465 e. The number of esters is 1. The molecule has 0 unspecified atom stereocenters. The topological polar surface area (TPSA) is 55.4 Å². The van der Waals surface area contributed by atoms with Crippen LogP contribution in [0.2, 0.25) is 10.0 Å². The molecule has 1 atom stereocenters. The molecule has 7 heteroatoms. The van der Waals surface area contributed by atoms with Crippen LogP contribution in [0.3, 0.4) is 0 Å². The third kappa shape index (κ3) is 5.39. The van der Waals surface area contributed by atoms with Gasteiger partial charge in [-0.15, -0.1) is 11.8 Å². The molecule has 0 spiro atoms. The normalized spacial score (nSPS) is 11.7. The number of halogens is 2. The number of rotatable bonds is 6. The van der Waals surface area contributed by atoms with Crippen LogP contribution in [0.5, 0.6) is 0 Å². The second-order valence-corrected chi connectivity index (χ2v) is 7.26. The molecule has 0 aromatic heterocycles. The molecule has 0 fully saturated rings. The van der Waals surface area contributed by atoms with Crippen LogP contribution in [0.25, 0.3) is 0 Å². The lowest BCUT2D eigenvalue weighted by atomic mass is 10.2. The number of carbonyl (C=O) groups is 2. The molecule has 0 aliphatic rings. The first-order valence-corrected chi connectivity index (χ1v) is 9.19. The van der Waals surface area contributed by atoms with Crippen molar-refractivity contribution in [1.29, 1.82) is 0 Å². The number of thioether (sulfide) groups is 1. The Morgan fingerprint density at radius 2 is 1.84 bits per heavy atom. The highest BCUT2D eigenvalue weighted by Gasteiger charge is 2.20. The average Bonchev–Trinajstić information content (AvgIpc) is 2.62. The van der Waals surface area contributed by atoms with Gasteiger partial charge in [0.1, 0.15) is 0 Å². The first kappa shape index (κ1) is 19.6. The van der Waals surface area contributed by atoms with Gasteiger partial charge < -0.3 is 10.1 Å². The van der Waals surface area contributed by atoms with Crippen LogP contribution in [0.1, 0.15) is 23.7 Å². The second kappa shape index (κ2) is 9.13. The Kier molecular flexibility index (Phi) is 7.17. The van der Waals surface area contributed by atoms with E-state index in [2.05, 4.69) is 10.1 Å². The SMILES string of the molecule is CC[C@H](Sc1ccc(Cl)cc1)C(=O)Nc1cc(C(=O)OC)ccc1Cl. The molecule has 0 saturated heterocycles. The standard InChI is InChI=1S/C18H17Cl2NO3S/c1-3-16(25-13-7-5-12(19)6-8-13)17(22)21-15-10-11(18(23)24-2)4-9-14(15)20/h4-10,16H,3H2,1-2H3,(H,21,22)/t16-/m0/s1. The molecule has 0 saturated carbocycles. The van der Waals surface area contributed by atoms with E-state index >= 15 is 0 Å². The number of methoxy groups -OCH3 is 1. The molecule has 2 aromatic carbocycles. The summed E-state index contributed by atoms with van der Waals surface area (Å²) in [6.07, 6.45) is 0.632. The molecular weight excluding hydrogens is 381 g/mol. The Labute approximate surface area is 160 Å². The van der Waals surface area contributed by atoms with Gasteiger partial charge in [0.15, 0.2) is 0 Å². The molecule has 0 aliphatic heterocycles. The highest BCUT2D eigenvalue weighted by molar-refractivity contribution is 8.00. The third-order valence-corrected chi connectivity index (χ3v) is 5.36. The Balaban J connectivity index is 2.13. The quantitative estimate of drug-likeness (QED) is 0.531. The summed E-state index contributed by atoms with van der Waals surface area (Å²) in [5.41, 5.74) is 0.699. The van der Waals surface area contributed by atoms with Crippen molar-refractivity contribution >= 4 is 52.5 Å². The van der Waals surface area contributed by atoms with Gasteiger partial charge in [0, 0.05) is 9.92 Å². The van der Waals surface area contributed by atoms with Gasteiger partial charge in [-0.1, -0.05) is 30.1 Å². The van der Waals surface area contributed by atoms with Crippen molar-refractivity contribution in [3.8, 4) is 0 Å². The molecule has 132 valence electrons. The fraction of sp³-hybridized carbons (Fsp3) is 0.222. The van der Waals surface area contributed by atoms with Crippen molar-refractivity contribution in [2.45, 2.75) is 23.5 Å². The fourth-order valence-electron chi connectivity index (χ4n) is 2.08. The minimum Gasteiger partial charge on any atom is -0.465 e. The van der Waals surface area contributed by atoms with Crippen LogP contribution in [-0.2, 0) is 9.53 Å². The second-order valence-electron chi connectivity index (χ2n) is 5.14. The molecule has 1 amide bonds. The van der Waals surface area contributed by atoms with Crippen LogP contribution in [-0.4, -0.2) is 24.2 Å². The zero-order valence-electron chi connectivity index (χ0n) is 13.7. The number of hydrogen-bond acceptors (Lipinski definition) is 4. The maximum Gasteiger partial charge on any atom is 0.337 e. The summed E-state index contributed by atoms with van der Waals surface area (Å²) >= 11 is 13.4. The molecule has 4 nitrogen and oxygen atoms in total. The molecule has 2 aromatic rings. The van der Waals surface area contributed by atoms with Gasteiger partial charge in [-0.2, -0.15) is 0 Å². The number of nitrogens with one attached hydrogen (secondary N) is 1. The van der Waals surface area contributed by atoms with Gasteiger partial charge in [-0.05, 0) is 48.9 Å². The monoisotopic (exact) mass is 397 g/mol. The van der Waals surface area contributed by atoms with Gasteiger partial charge in [-0.25, -0.2) is 4.79 Å². The summed E-state index contributed by atoms with van der Waals surface area (Å²) < 4.78 is 4.68. The van der Waals surface area contributed by atoms with E-state index in [0.717, 1.165) is 4.90 Å². The summed E-state index contributed by atoms with van der Waals surface area (Å²) in [6.45, 7) is 1.93. The lowest BCUT2D eigenvalue weighted by Gasteiger charge is -2.16. The third-order valence-electron chi connectivity index (χ3n) is 3.40. The number of hydrogen-bond donors (Lipinski definition) is 1. The number of ether oxygens (including phenoxy) is 1. The molecule has 0 radical (unpaired) electrons. The fourth-order valence-corrected chi connectivity index (χ4v) is 3.32. The Morgan fingerprint density at radius 3 is 2.44 bits per heavy atom. The van der Waals surface area contributed by atoms with Crippen molar-refractivity contribution in [3.63, 3.8) is 0 Å². The lowest BCUT2D eigenvalue weighted by molar-refractivity contribution is -0.115. The van der Waals surface area contributed by atoms with Crippen molar-refractivity contribution in [3.05, 3.63) is 58.1 Å². The number of amides is 1. The van der Waals surface area contributed by atoms with E-state index < -0.39 is 5.97 Å². The smallest absolute Gasteiger partial charge is 0.337 e. The summed E-state index contributed by atoms with van der Waals surface area (Å²) in [5.74, 6) is -0.680. The van der Waals surface area contributed by atoms with E-state index in [1.807, 2.05) is 19.1 Å². The summed E-state index contributed by atoms with van der Waals surface area (Å²) in [4.78, 5) is 25.2. The first-order chi connectivity index (χ1) is 11.9. The molecule has 1 N–H and O–H groups in total. The Morgan fingerprint density at radius 1 is 1.16 bits per heavy atom. The maximum absolute atomic E-state index is 12.6. The van der Waals surface area contributed by atoms with Crippen LogP contribution >= 0.6 is 35.0 Å². The van der Waals surface area contributed by atoms with E-state index in [0.29, 0.717) is 27.7 Å². The zero-order chi connectivity index (χ0) is 18.4. The van der Waals surface area contributed by atoms with Crippen molar-refractivity contribution in [2.24, 2.45) is 0 Å². The van der Waals surface area contributed by atoms with Crippen molar-refractivity contribution in [2.75, 3.05) is 12.4 Å². The first-order valence-electron chi connectivity index (χ1n) is 7.55. The molecule has 0 bridgehead atoms. The number of benzene rings is 2. The van der Waals surface area contributed by atoms with Crippen LogP contribution in [0, 0.1) is 0 Å². The van der Waals surface area contributed by atoms with E-state index in [1.165, 1.54) is 24.9 Å². The van der Waals surface area contributed by atoms with Crippen molar-refractivity contribution in [1.82, 2.24) is 0 Å². The molecule has 0 heterocycles. The van der Waals surface area contributed by atoms with Gasteiger partial charge in [0.05, 0.1) is 28.6 Å². The lowest BCUT2D eigenvalue weighted by Crippen LogP contribution is -2.24. The zero-order valence-corrected chi connectivity index (χ0v) is 16.0. The predicted molar refractivity (Wildman–Crippen MR) is 103 cm³/mol. The minimum absolute atomic E-state index is 0.189. The van der Waals surface area contributed by atoms with E-state index in [9.17, 15) is 9.59 Å². The summed E-state index contributed by atoms with van der Waals surface area (Å²) in [7, 11) is 1.30. The van der Waals surface area contributed by atoms with Gasteiger partial charge in [0.2, 0.25) is 5.91 Å². The maximum atomic E-state index is 12.6. The van der Waals surface area contributed by atoms with E-state index in [4.69, 9.17) is 23.2 Å². The van der Waals surface area contributed by atoms with Gasteiger partial charge >= 0.3 is 5.97 Å². The van der Waals surface area contributed by atoms with E-state index in [-0.39, 0.29) is 11.2 Å².